The van der Waals surface area contributed by atoms with Crippen molar-refractivity contribution < 1.29 is 32.2 Å². The summed E-state index contributed by atoms with van der Waals surface area (Å²) in [5.41, 5.74) is 0.107. The summed E-state index contributed by atoms with van der Waals surface area (Å²) < 4.78 is 48.8. The first-order valence-corrected chi connectivity index (χ1v) is 11.6. The predicted octanol–water partition coefficient (Wildman–Crippen LogP) is 1.66. The van der Waals surface area contributed by atoms with Crippen molar-refractivity contribution in [2.24, 2.45) is 0 Å². The lowest BCUT2D eigenvalue weighted by molar-refractivity contribution is 0.0730. The van der Waals surface area contributed by atoms with Crippen molar-refractivity contribution in [3.8, 4) is 11.5 Å². The number of carbonyl (C=O) groups excluding carboxylic acids is 1. The predicted molar refractivity (Wildman–Crippen MR) is 112 cm³/mol. The number of benzene rings is 1. The molecule has 1 saturated heterocycles. The number of rotatable bonds is 12. The molecule has 1 N–H and O–H groups in total. The second-order valence-corrected chi connectivity index (χ2v) is 8.74. The largest absolute Gasteiger partial charge is 0.493 e. The lowest BCUT2D eigenvalue weighted by Gasteiger charge is -2.26. The van der Waals surface area contributed by atoms with Crippen LogP contribution in [0.15, 0.2) is 17.0 Å². The van der Waals surface area contributed by atoms with Gasteiger partial charge in [0.15, 0.2) is 11.5 Å². The van der Waals surface area contributed by atoms with Crippen LogP contribution in [0.5, 0.6) is 11.5 Å². The van der Waals surface area contributed by atoms with Gasteiger partial charge in [0.2, 0.25) is 10.0 Å². The topological polar surface area (TPSA) is 103 Å². The summed E-state index contributed by atoms with van der Waals surface area (Å²) in [6.07, 6.45) is 2.73. The Labute approximate surface area is 178 Å². The van der Waals surface area contributed by atoms with Crippen LogP contribution in [0.25, 0.3) is 0 Å². The van der Waals surface area contributed by atoms with Gasteiger partial charge in [-0.1, -0.05) is 13.3 Å². The van der Waals surface area contributed by atoms with Crippen LogP contribution in [0.2, 0.25) is 0 Å². The van der Waals surface area contributed by atoms with Gasteiger partial charge >= 0.3 is 0 Å². The van der Waals surface area contributed by atoms with Crippen molar-refractivity contribution in [1.29, 1.82) is 0 Å². The maximum absolute atomic E-state index is 13.0. The molecule has 30 heavy (non-hydrogen) atoms. The molecule has 0 aromatic heterocycles. The molecular weight excluding hydrogens is 412 g/mol. The van der Waals surface area contributed by atoms with Crippen LogP contribution in [0.3, 0.4) is 0 Å². The zero-order valence-electron chi connectivity index (χ0n) is 17.9. The monoisotopic (exact) mass is 444 g/mol. The fourth-order valence-corrected chi connectivity index (χ4v) is 4.46. The Morgan fingerprint density at radius 3 is 2.47 bits per heavy atom. The van der Waals surface area contributed by atoms with E-state index < -0.39 is 15.9 Å². The van der Waals surface area contributed by atoms with Crippen LogP contribution in [-0.2, 0) is 19.5 Å². The van der Waals surface area contributed by atoms with Crippen molar-refractivity contribution in [3.05, 3.63) is 17.7 Å². The van der Waals surface area contributed by atoms with E-state index in [4.69, 9.17) is 18.9 Å². The van der Waals surface area contributed by atoms with Crippen molar-refractivity contribution in [1.82, 2.24) is 9.62 Å². The molecular formula is C20H32N2O7S. The van der Waals surface area contributed by atoms with Crippen LogP contribution in [0.4, 0.5) is 0 Å². The first-order valence-electron chi connectivity index (χ1n) is 10.2. The smallest absolute Gasteiger partial charge is 0.255 e. The molecule has 0 atom stereocenters. The molecule has 1 aliphatic rings. The van der Waals surface area contributed by atoms with Gasteiger partial charge in [-0.2, -0.15) is 4.31 Å². The maximum Gasteiger partial charge on any atom is 0.255 e. The van der Waals surface area contributed by atoms with Gasteiger partial charge in [-0.3, -0.25) is 4.79 Å². The molecule has 0 saturated carbocycles. The van der Waals surface area contributed by atoms with Gasteiger partial charge in [-0.25, -0.2) is 8.42 Å². The Morgan fingerprint density at radius 1 is 1.13 bits per heavy atom. The van der Waals surface area contributed by atoms with Crippen LogP contribution >= 0.6 is 0 Å². The van der Waals surface area contributed by atoms with Crippen LogP contribution in [-0.4, -0.2) is 78.9 Å². The average Bonchev–Trinajstić information content (AvgIpc) is 2.77. The standard InChI is InChI=1S/C20H32N2O7S/c1-4-5-10-28-11-6-7-21-20(23)17-14-16(15-18(26-2)19(17)27-3)30(24,25)22-8-12-29-13-9-22/h14-15H,4-13H2,1-3H3,(H,21,23). The van der Waals surface area contributed by atoms with Gasteiger partial charge in [0, 0.05) is 38.9 Å². The van der Waals surface area contributed by atoms with E-state index in [2.05, 4.69) is 12.2 Å². The fourth-order valence-electron chi connectivity index (χ4n) is 3.01. The SMILES string of the molecule is CCCCOCCCNC(=O)c1cc(S(=O)(=O)N2CCOCC2)cc(OC)c1OC. The summed E-state index contributed by atoms with van der Waals surface area (Å²) in [5, 5.41) is 2.79. The van der Waals surface area contributed by atoms with Crippen molar-refractivity contribution in [2.75, 3.05) is 60.3 Å². The molecule has 1 amide bonds. The van der Waals surface area contributed by atoms with Gasteiger partial charge in [-0.05, 0) is 18.9 Å². The van der Waals surface area contributed by atoms with Gasteiger partial charge in [0.1, 0.15) is 0 Å². The number of carbonyl (C=O) groups is 1. The zero-order chi connectivity index (χ0) is 22.0. The maximum atomic E-state index is 13.0. The zero-order valence-corrected chi connectivity index (χ0v) is 18.8. The Bertz CT molecular complexity index is 793. The summed E-state index contributed by atoms with van der Waals surface area (Å²) >= 11 is 0. The minimum absolute atomic E-state index is 0.0184. The van der Waals surface area contributed by atoms with E-state index in [9.17, 15) is 13.2 Å². The van der Waals surface area contributed by atoms with E-state index in [1.807, 2.05) is 0 Å². The van der Waals surface area contributed by atoms with Crippen LogP contribution in [0, 0.1) is 0 Å². The molecule has 1 aromatic rings. The molecule has 1 aliphatic heterocycles. The normalized spacial score (nSPS) is 15.0. The van der Waals surface area contributed by atoms with Crippen molar-refractivity contribution in [2.45, 2.75) is 31.1 Å². The highest BCUT2D eigenvalue weighted by Crippen LogP contribution is 2.35. The number of morpholine rings is 1. The van der Waals surface area contributed by atoms with Gasteiger partial charge in [0.05, 0.1) is 37.9 Å². The third-order valence-electron chi connectivity index (χ3n) is 4.70. The third-order valence-corrected chi connectivity index (χ3v) is 6.57. The molecule has 1 heterocycles. The summed E-state index contributed by atoms with van der Waals surface area (Å²) in [6, 6.07) is 2.71. The molecule has 0 bridgehead atoms. The minimum Gasteiger partial charge on any atom is -0.493 e. The van der Waals surface area contributed by atoms with E-state index in [0.717, 1.165) is 12.8 Å². The molecule has 0 aliphatic carbocycles. The Balaban J connectivity index is 2.17. The fraction of sp³-hybridized carbons (Fsp3) is 0.650. The highest BCUT2D eigenvalue weighted by molar-refractivity contribution is 7.89. The molecule has 0 unspecified atom stereocenters. The highest BCUT2D eigenvalue weighted by atomic mass is 32.2. The quantitative estimate of drug-likeness (QED) is 0.489. The molecule has 1 fully saturated rings. The average molecular weight is 445 g/mol. The van der Waals surface area contributed by atoms with Crippen LogP contribution in [0.1, 0.15) is 36.5 Å². The molecule has 0 radical (unpaired) electrons. The summed E-state index contributed by atoms with van der Waals surface area (Å²) in [6.45, 7) is 4.94. The van der Waals surface area contributed by atoms with Crippen molar-refractivity contribution >= 4 is 15.9 Å². The molecule has 9 nitrogen and oxygen atoms in total. The number of unbranched alkanes of at least 4 members (excludes halogenated alkanes) is 1. The number of amides is 1. The third kappa shape index (κ3) is 6.31. The lowest BCUT2D eigenvalue weighted by Crippen LogP contribution is -2.40. The number of methoxy groups -OCH3 is 2. The Morgan fingerprint density at radius 2 is 1.83 bits per heavy atom. The molecule has 10 heteroatoms. The number of sulfonamides is 1. The first kappa shape index (κ1) is 24.4. The van der Waals surface area contributed by atoms with E-state index in [-0.39, 0.29) is 35.0 Å². The van der Waals surface area contributed by atoms with Gasteiger partial charge in [-0.15, -0.1) is 0 Å². The van der Waals surface area contributed by atoms with Gasteiger partial charge in [0.25, 0.3) is 5.91 Å². The molecule has 1 aromatic carbocycles. The van der Waals surface area contributed by atoms with Crippen LogP contribution < -0.4 is 14.8 Å². The lowest BCUT2D eigenvalue weighted by atomic mass is 10.1. The minimum atomic E-state index is -3.80. The number of nitrogens with zero attached hydrogens (tertiary/aromatic N) is 1. The highest BCUT2D eigenvalue weighted by Gasteiger charge is 2.30. The van der Waals surface area contributed by atoms with Crippen molar-refractivity contribution in [3.63, 3.8) is 0 Å². The van der Waals surface area contributed by atoms with E-state index >= 15 is 0 Å². The number of nitrogens with one attached hydrogen (secondary N) is 1. The summed E-state index contributed by atoms with van der Waals surface area (Å²) in [5.74, 6) is -0.0623. The van der Waals surface area contributed by atoms with E-state index in [1.54, 1.807) is 0 Å². The second-order valence-electron chi connectivity index (χ2n) is 6.80. The first-order chi connectivity index (χ1) is 14.5. The second kappa shape index (κ2) is 12.1. The number of ether oxygens (including phenoxy) is 4. The molecule has 2 rings (SSSR count). The summed E-state index contributed by atoms with van der Waals surface area (Å²) in [7, 11) is -0.986. The number of hydrogen-bond donors (Lipinski definition) is 1. The number of hydrogen-bond acceptors (Lipinski definition) is 7. The van der Waals surface area contributed by atoms with E-state index in [1.165, 1.54) is 30.7 Å². The van der Waals surface area contributed by atoms with E-state index in [0.29, 0.717) is 39.4 Å². The Hall–Kier alpha value is -1.88. The Kier molecular flexibility index (Phi) is 9.83. The molecule has 170 valence electrons. The summed E-state index contributed by atoms with van der Waals surface area (Å²) in [4.78, 5) is 12.7. The molecule has 0 spiro atoms. The van der Waals surface area contributed by atoms with Gasteiger partial charge < -0.3 is 24.3 Å².